The summed E-state index contributed by atoms with van der Waals surface area (Å²) in [5.74, 6) is -1.09. The summed E-state index contributed by atoms with van der Waals surface area (Å²) in [6, 6.07) is 9.89. The van der Waals surface area contributed by atoms with Gasteiger partial charge in [-0.15, -0.1) is 0 Å². The van der Waals surface area contributed by atoms with Crippen LogP contribution in [0.3, 0.4) is 0 Å². The van der Waals surface area contributed by atoms with E-state index < -0.39 is 22.9 Å². The Balaban J connectivity index is 1.70. The fourth-order valence-corrected chi connectivity index (χ4v) is 3.98. The third-order valence-corrected chi connectivity index (χ3v) is 5.79. The molecule has 2 fully saturated rings. The molecule has 0 saturated carbocycles. The van der Waals surface area contributed by atoms with E-state index in [1.165, 1.54) is 0 Å². The summed E-state index contributed by atoms with van der Waals surface area (Å²) in [5, 5.41) is 20.4. The molecule has 1 aromatic carbocycles. The number of aliphatic hydroxyl groups is 1. The number of carbonyl (C=O) groups excluding carboxylic acids is 1. The summed E-state index contributed by atoms with van der Waals surface area (Å²) in [5.41, 5.74) is -0.717. The zero-order chi connectivity index (χ0) is 18.8. The molecule has 6 nitrogen and oxygen atoms in total. The lowest BCUT2D eigenvalue weighted by Gasteiger charge is -2.47. The molecule has 2 heterocycles. The lowest BCUT2D eigenvalue weighted by Crippen LogP contribution is -2.61. The van der Waals surface area contributed by atoms with E-state index in [4.69, 9.17) is 4.74 Å². The van der Waals surface area contributed by atoms with Crippen LogP contribution >= 0.6 is 0 Å². The van der Waals surface area contributed by atoms with Crippen LogP contribution in [0.2, 0.25) is 0 Å². The Morgan fingerprint density at radius 3 is 2.54 bits per heavy atom. The van der Waals surface area contributed by atoms with Crippen molar-refractivity contribution in [2.45, 2.75) is 38.7 Å². The molecule has 0 aromatic heterocycles. The summed E-state index contributed by atoms with van der Waals surface area (Å²) in [4.78, 5) is 26.5. The Hall–Kier alpha value is -1.92. The Kier molecular flexibility index (Phi) is 5.34. The molecular weight excluding hydrogens is 334 g/mol. The van der Waals surface area contributed by atoms with Crippen LogP contribution in [0.4, 0.5) is 0 Å². The lowest BCUT2D eigenvalue weighted by atomic mass is 9.72. The largest absolute Gasteiger partial charge is 0.481 e. The van der Waals surface area contributed by atoms with E-state index in [0.717, 1.165) is 12.0 Å². The third kappa shape index (κ3) is 3.48. The van der Waals surface area contributed by atoms with E-state index in [1.807, 2.05) is 37.3 Å². The van der Waals surface area contributed by atoms with Crippen molar-refractivity contribution < 1.29 is 24.5 Å². The summed E-state index contributed by atoms with van der Waals surface area (Å²) < 4.78 is 5.17. The van der Waals surface area contributed by atoms with E-state index in [2.05, 4.69) is 0 Å². The normalized spacial score (nSPS) is 27.6. The molecule has 0 aliphatic carbocycles. The van der Waals surface area contributed by atoms with Gasteiger partial charge in [0, 0.05) is 13.1 Å². The van der Waals surface area contributed by atoms with Crippen LogP contribution < -0.4 is 0 Å². The number of likely N-dealkylation sites (tertiary alicyclic amines) is 1. The lowest BCUT2D eigenvalue weighted by molar-refractivity contribution is -0.181. The van der Waals surface area contributed by atoms with E-state index in [1.54, 1.807) is 4.90 Å². The van der Waals surface area contributed by atoms with Crippen molar-refractivity contribution in [3.8, 4) is 0 Å². The smallest absolute Gasteiger partial charge is 0.314 e. The number of ether oxygens (including phenoxy) is 1. The highest BCUT2D eigenvalue weighted by atomic mass is 16.5. The molecule has 0 spiro atoms. The van der Waals surface area contributed by atoms with Gasteiger partial charge in [-0.2, -0.15) is 0 Å². The van der Waals surface area contributed by atoms with Gasteiger partial charge in [0.15, 0.2) is 0 Å². The Morgan fingerprint density at radius 2 is 1.96 bits per heavy atom. The maximum Gasteiger partial charge on any atom is 0.314 e. The van der Waals surface area contributed by atoms with Crippen LogP contribution in [0.25, 0.3) is 0 Å². The van der Waals surface area contributed by atoms with Gasteiger partial charge in [-0.05, 0) is 38.2 Å². The van der Waals surface area contributed by atoms with Crippen molar-refractivity contribution in [1.82, 2.24) is 4.90 Å². The van der Waals surface area contributed by atoms with Crippen molar-refractivity contribution in [2.75, 3.05) is 26.3 Å². The van der Waals surface area contributed by atoms with Gasteiger partial charge in [0.25, 0.3) is 0 Å². The topological polar surface area (TPSA) is 87.1 Å². The van der Waals surface area contributed by atoms with Gasteiger partial charge in [0.2, 0.25) is 5.91 Å². The number of aryl methyl sites for hydroxylation is 1. The zero-order valence-electron chi connectivity index (χ0n) is 15.2. The van der Waals surface area contributed by atoms with Gasteiger partial charge in [-0.3, -0.25) is 9.59 Å². The first-order valence-electron chi connectivity index (χ1n) is 9.20. The Morgan fingerprint density at radius 1 is 1.27 bits per heavy atom. The standard InChI is InChI=1S/C20H27NO5/c1-19(13-26-14-19)17(23)21-11-9-16(22)20(12-21,18(24)25)10-5-8-15-6-3-2-4-7-15/h2-4,6-7,16,22H,5,8-14H2,1H3,(H,24,25)/t16-,20+/m0/s1. The molecule has 1 aromatic rings. The Labute approximate surface area is 153 Å². The SMILES string of the molecule is CC1(C(=O)N2CC[C@H](O)[C@](CCCc3ccccc3)(C(=O)O)C2)COC1. The highest BCUT2D eigenvalue weighted by Crippen LogP contribution is 2.38. The molecule has 2 aliphatic heterocycles. The van der Waals surface area contributed by atoms with Crippen molar-refractivity contribution >= 4 is 11.9 Å². The number of carboxylic acids is 1. The predicted octanol–water partition coefficient (Wildman–Crippen LogP) is 1.71. The molecule has 2 atom stereocenters. The van der Waals surface area contributed by atoms with Crippen LogP contribution in [-0.4, -0.2) is 59.4 Å². The number of hydrogen-bond acceptors (Lipinski definition) is 4. The number of amides is 1. The number of rotatable bonds is 6. The van der Waals surface area contributed by atoms with E-state index >= 15 is 0 Å². The zero-order valence-corrected chi connectivity index (χ0v) is 15.2. The molecular formula is C20H27NO5. The predicted molar refractivity (Wildman–Crippen MR) is 95.6 cm³/mol. The maximum atomic E-state index is 12.8. The van der Waals surface area contributed by atoms with Crippen LogP contribution in [0.15, 0.2) is 30.3 Å². The third-order valence-electron chi connectivity index (χ3n) is 5.79. The minimum atomic E-state index is -1.30. The van der Waals surface area contributed by atoms with Gasteiger partial charge < -0.3 is 19.8 Å². The summed E-state index contributed by atoms with van der Waals surface area (Å²) in [6.07, 6.45) is 1.10. The van der Waals surface area contributed by atoms with Crippen LogP contribution in [-0.2, 0) is 20.7 Å². The summed E-state index contributed by atoms with van der Waals surface area (Å²) in [7, 11) is 0. The van der Waals surface area contributed by atoms with E-state index in [0.29, 0.717) is 39.0 Å². The minimum absolute atomic E-state index is 0.0622. The molecule has 2 saturated heterocycles. The van der Waals surface area contributed by atoms with Crippen LogP contribution in [0.1, 0.15) is 31.7 Å². The number of carbonyl (C=O) groups is 2. The fourth-order valence-electron chi connectivity index (χ4n) is 3.98. The molecule has 0 bridgehead atoms. The number of piperidine rings is 1. The van der Waals surface area contributed by atoms with Crippen molar-refractivity contribution in [2.24, 2.45) is 10.8 Å². The fraction of sp³-hybridized carbons (Fsp3) is 0.600. The van der Waals surface area contributed by atoms with Crippen LogP contribution in [0, 0.1) is 10.8 Å². The second kappa shape index (κ2) is 7.37. The van der Waals surface area contributed by atoms with Gasteiger partial charge in [-0.25, -0.2) is 0 Å². The monoisotopic (exact) mass is 361 g/mol. The average molecular weight is 361 g/mol. The molecule has 3 rings (SSSR count). The molecule has 2 N–H and O–H groups in total. The average Bonchev–Trinajstić information content (AvgIpc) is 2.61. The van der Waals surface area contributed by atoms with Gasteiger partial charge >= 0.3 is 5.97 Å². The first-order valence-corrected chi connectivity index (χ1v) is 9.20. The maximum absolute atomic E-state index is 12.8. The van der Waals surface area contributed by atoms with Gasteiger partial charge in [0.1, 0.15) is 5.41 Å². The molecule has 0 radical (unpaired) electrons. The van der Waals surface area contributed by atoms with Crippen molar-refractivity contribution in [1.29, 1.82) is 0 Å². The number of aliphatic carboxylic acids is 1. The highest BCUT2D eigenvalue weighted by molar-refractivity contribution is 5.85. The quantitative estimate of drug-likeness (QED) is 0.805. The van der Waals surface area contributed by atoms with E-state index in [9.17, 15) is 19.8 Å². The second-order valence-electron chi connectivity index (χ2n) is 7.89. The first-order chi connectivity index (χ1) is 12.4. The Bertz CT molecular complexity index is 657. The molecule has 1 amide bonds. The number of carboxylic acid groups (broad SMARTS) is 1. The number of nitrogens with zero attached hydrogens (tertiary/aromatic N) is 1. The van der Waals surface area contributed by atoms with Crippen molar-refractivity contribution in [3.63, 3.8) is 0 Å². The molecule has 142 valence electrons. The van der Waals surface area contributed by atoms with Crippen LogP contribution in [0.5, 0.6) is 0 Å². The minimum Gasteiger partial charge on any atom is -0.481 e. The molecule has 0 unspecified atom stereocenters. The summed E-state index contributed by atoms with van der Waals surface area (Å²) >= 11 is 0. The first kappa shape index (κ1) is 18.9. The molecule has 26 heavy (non-hydrogen) atoms. The number of aliphatic hydroxyl groups excluding tert-OH is 1. The van der Waals surface area contributed by atoms with Gasteiger partial charge in [-0.1, -0.05) is 30.3 Å². The number of hydrogen-bond donors (Lipinski definition) is 2. The second-order valence-corrected chi connectivity index (χ2v) is 7.89. The van der Waals surface area contributed by atoms with Gasteiger partial charge in [0.05, 0.1) is 24.7 Å². The molecule has 2 aliphatic rings. The highest BCUT2D eigenvalue weighted by Gasteiger charge is 2.52. The molecule has 6 heteroatoms. The van der Waals surface area contributed by atoms with E-state index in [-0.39, 0.29) is 12.5 Å². The number of benzene rings is 1. The van der Waals surface area contributed by atoms with Crippen molar-refractivity contribution in [3.05, 3.63) is 35.9 Å². The summed E-state index contributed by atoms with van der Waals surface area (Å²) in [6.45, 7) is 3.05.